The molecular formula is C13H13BrN2O. The molecule has 4 heteroatoms. The molecule has 0 N–H and O–H groups in total. The first-order valence-corrected chi connectivity index (χ1v) is 6.86. The van der Waals surface area contributed by atoms with Gasteiger partial charge in [-0.25, -0.2) is 4.98 Å². The Balaban J connectivity index is 2.06. The van der Waals surface area contributed by atoms with Crippen molar-refractivity contribution in [2.45, 2.75) is 19.4 Å². The highest BCUT2D eigenvalue weighted by Crippen LogP contribution is 2.48. The van der Waals surface area contributed by atoms with E-state index in [1.165, 1.54) is 12.8 Å². The zero-order valence-corrected chi connectivity index (χ0v) is 11.0. The monoisotopic (exact) mass is 292 g/mol. The molecule has 1 saturated carbocycles. The molecule has 17 heavy (non-hydrogen) atoms. The molecule has 1 aliphatic rings. The van der Waals surface area contributed by atoms with Crippen LogP contribution >= 0.6 is 15.9 Å². The number of nitrogens with zero attached hydrogens (tertiary/aromatic N) is 2. The minimum absolute atomic E-state index is 0.0721. The summed E-state index contributed by atoms with van der Waals surface area (Å²) in [7, 11) is 0. The molecular weight excluding hydrogens is 280 g/mol. The van der Waals surface area contributed by atoms with Crippen molar-refractivity contribution in [1.82, 2.24) is 9.55 Å². The van der Waals surface area contributed by atoms with E-state index in [4.69, 9.17) is 0 Å². The van der Waals surface area contributed by atoms with E-state index in [0.717, 1.165) is 17.4 Å². The zero-order valence-electron chi connectivity index (χ0n) is 9.40. The Morgan fingerprint density at radius 2 is 2.12 bits per heavy atom. The van der Waals surface area contributed by atoms with E-state index < -0.39 is 0 Å². The van der Waals surface area contributed by atoms with Gasteiger partial charge in [-0.05, 0) is 30.4 Å². The Labute approximate surface area is 108 Å². The van der Waals surface area contributed by atoms with Gasteiger partial charge in [-0.15, -0.1) is 0 Å². The van der Waals surface area contributed by atoms with Gasteiger partial charge in [-0.2, -0.15) is 0 Å². The van der Waals surface area contributed by atoms with Crippen LogP contribution in [0.25, 0.3) is 10.9 Å². The molecule has 1 aromatic heterocycles. The molecule has 2 aromatic rings. The van der Waals surface area contributed by atoms with E-state index in [1.54, 1.807) is 10.9 Å². The lowest BCUT2D eigenvalue weighted by atomic mass is 10.1. The lowest BCUT2D eigenvalue weighted by Crippen LogP contribution is -2.25. The van der Waals surface area contributed by atoms with Crippen LogP contribution in [0.4, 0.5) is 0 Å². The standard InChI is InChI=1S/C13H13BrN2O/c14-7-13(5-6-13)8-16-9-15-11-4-2-1-3-10(11)12(16)17/h1-4,9H,5-8H2. The molecule has 1 fully saturated rings. The maximum Gasteiger partial charge on any atom is 0.261 e. The fraction of sp³-hybridized carbons (Fsp3) is 0.385. The summed E-state index contributed by atoms with van der Waals surface area (Å²) in [6, 6.07) is 7.50. The summed E-state index contributed by atoms with van der Waals surface area (Å²) < 4.78 is 1.75. The van der Waals surface area contributed by atoms with Gasteiger partial charge in [0.05, 0.1) is 17.2 Å². The van der Waals surface area contributed by atoms with Crippen molar-refractivity contribution in [3.63, 3.8) is 0 Å². The van der Waals surface area contributed by atoms with E-state index in [9.17, 15) is 4.79 Å². The van der Waals surface area contributed by atoms with Crippen molar-refractivity contribution in [2.24, 2.45) is 5.41 Å². The number of aromatic nitrogens is 2. The van der Waals surface area contributed by atoms with E-state index in [0.29, 0.717) is 5.39 Å². The van der Waals surface area contributed by atoms with Gasteiger partial charge >= 0.3 is 0 Å². The van der Waals surface area contributed by atoms with Crippen LogP contribution < -0.4 is 5.56 Å². The first-order valence-electron chi connectivity index (χ1n) is 5.74. The van der Waals surface area contributed by atoms with Crippen LogP contribution in [0.1, 0.15) is 12.8 Å². The predicted molar refractivity (Wildman–Crippen MR) is 71.5 cm³/mol. The molecule has 0 spiro atoms. The van der Waals surface area contributed by atoms with Crippen molar-refractivity contribution in [2.75, 3.05) is 5.33 Å². The quantitative estimate of drug-likeness (QED) is 0.815. The van der Waals surface area contributed by atoms with Crippen molar-refractivity contribution in [3.05, 3.63) is 40.9 Å². The fourth-order valence-corrected chi connectivity index (χ4v) is 2.83. The molecule has 0 aliphatic heterocycles. The number of hydrogen-bond acceptors (Lipinski definition) is 2. The Kier molecular flexibility index (Phi) is 2.54. The molecule has 0 bridgehead atoms. The molecule has 3 nitrogen and oxygen atoms in total. The Morgan fingerprint density at radius 3 is 2.82 bits per heavy atom. The second-order valence-electron chi connectivity index (χ2n) is 4.83. The van der Waals surface area contributed by atoms with Crippen LogP contribution in [0.2, 0.25) is 0 Å². The summed E-state index contributed by atoms with van der Waals surface area (Å²) in [4.78, 5) is 16.6. The molecule has 0 radical (unpaired) electrons. The summed E-state index contributed by atoms with van der Waals surface area (Å²) in [5, 5.41) is 1.67. The second kappa shape index (κ2) is 3.95. The van der Waals surface area contributed by atoms with Crippen LogP contribution in [-0.4, -0.2) is 14.9 Å². The molecule has 1 aliphatic carbocycles. The third-order valence-corrected chi connectivity index (χ3v) is 4.67. The minimum atomic E-state index is 0.0721. The summed E-state index contributed by atoms with van der Waals surface area (Å²) in [5.41, 5.74) is 1.13. The van der Waals surface area contributed by atoms with Gasteiger partial charge in [-0.3, -0.25) is 9.36 Å². The lowest BCUT2D eigenvalue weighted by molar-refractivity contribution is 0.463. The van der Waals surface area contributed by atoms with Gasteiger partial charge in [0.1, 0.15) is 0 Å². The van der Waals surface area contributed by atoms with Crippen molar-refractivity contribution in [3.8, 4) is 0 Å². The third kappa shape index (κ3) is 1.90. The zero-order chi connectivity index (χ0) is 11.9. The van der Waals surface area contributed by atoms with E-state index in [1.807, 2.05) is 24.3 Å². The van der Waals surface area contributed by atoms with Gasteiger partial charge in [-0.1, -0.05) is 28.1 Å². The minimum Gasteiger partial charge on any atom is -0.298 e. The highest BCUT2D eigenvalue weighted by atomic mass is 79.9. The average molecular weight is 293 g/mol. The topological polar surface area (TPSA) is 34.9 Å². The lowest BCUT2D eigenvalue weighted by Gasteiger charge is -2.13. The van der Waals surface area contributed by atoms with Crippen LogP contribution in [0.3, 0.4) is 0 Å². The second-order valence-corrected chi connectivity index (χ2v) is 5.39. The van der Waals surface area contributed by atoms with E-state index >= 15 is 0 Å². The summed E-state index contributed by atoms with van der Waals surface area (Å²) in [6.07, 6.45) is 4.06. The molecule has 0 atom stereocenters. The van der Waals surface area contributed by atoms with Gasteiger partial charge < -0.3 is 0 Å². The number of alkyl halides is 1. The smallest absolute Gasteiger partial charge is 0.261 e. The van der Waals surface area contributed by atoms with Crippen LogP contribution in [0, 0.1) is 5.41 Å². The molecule has 0 amide bonds. The van der Waals surface area contributed by atoms with Crippen LogP contribution in [0.15, 0.2) is 35.4 Å². The normalized spacial score (nSPS) is 17.2. The van der Waals surface area contributed by atoms with Gasteiger partial charge in [0.15, 0.2) is 0 Å². The molecule has 3 rings (SSSR count). The first-order chi connectivity index (χ1) is 8.24. The van der Waals surface area contributed by atoms with Gasteiger partial charge in [0, 0.05) is 11.9 Å². The average Bonchev–Trinajstić information content (AvgIpc) is 3.14. The largest absolute Gasteiger partial charge is 0.298 e. The maximum atomic E-state index is 12.3. The molecule has 88 valence electrons. The fourth-order valence-electron chi connectivity index (χ4n) is 2.09. The van der Waals surface area contributed by atoms with Crippen molar-refractivity contribution in [1.29, 1.82) is 0 Å². The first kappa shape index (κ1) is 11.0. The summed E-state index contributed by atoms with van der Waals surface area (Å²) in [5.74, 6) is 0. The maximum absolute atomic E-state index is 12.3. The van der Waals surface area contributed by atoms with Crippen LogP contribution in [-0.2, 0) is 6.54 Å². The third-order valence-electron chi connectivity index (χ3n) is 3.48. The van der Waals surface area contributed by atoms with E-state index in [2.05, 4.69) is 20.9 Å². The number of hydrogen-bond donors (Lipinski definition) is 0. The molecule has 1 heterocycles. The van der Waals surface area contributed by atoms with Crippen molar-refractivity contribution < 1.29 is 0 Å². The molecule has 0 saturated heterocycles. The van der Waals surface area contributed by atoms with Crippen LogP contribution in [0.5, 0.6) is 0 Å². The molecule has 0 unspecified atom stereocenters. The van der Waals surface area contributed by atoms with Crippen molar-refractivity contribution >= 4 is 26.8 Å². The van der Waals surface area contributed by atoms with Gasteiger partial charge in [0.25, 0.3) is 5.56 Å². The summed E-state index contributed by atoms with van der Waals surface area (Å²) in [6.45, 7) is 0.773. The molecule has 1 aromatic carbocycles. The Hall–Kier alpha value is -1.16. The Morgan fingerprint density at radius 1 is 1.35 bits per heavy atom. The SMILES string of the molecule is O=c1c2ccccc2ncn1CC1(CBr)CC1. The summed E-state index contributed by atoms with van der Waals surface area (Å²) >= 11 is 3.53. The number of fused-ring (bicyclic) bond motifs is 1. The van der Waals surface area contributed by atoms with E-state index in [-0.39, 0.29) is 11.0 Å². The number of rotatable bonds is 3. The number of para-hydroxylation sites is 1. The highest BCUT2D eigenvalue weighted by molar-refractivity contribution is 9.09. The number of benzene rings is 1. The number of halogens is 1. The Bertz CT molecular complexity index is 616. The van der Waals surface area contributed by atoms with Gasteiger partial charge in [0.2, 0.25) is 0 Å². The predicted octanol–water partition coefficient (Wildman–Crippen LogP) is 2.57. The highest BCUT2D eigenvalue weighted by Gasteiger charge is 2.41.